The molecule has 0 aliphatic carbocycles. The average molecular weight is 519 g/mol. The smallest absolute Gasteiger partial charge is 0.295 e. The van der Waals surface area contributed by atoms with E-state index < -0.39 is 17.7 Å². The van der Waals surface area contributed by atoms with Gasteiger partial charge in [-0.1, -0.05) is 12.1 Å². The minimum absolute atomic E-state index is 0.0299. The zero-order chi connectivity index (χ0) is 24.3. The molecule has 1 saturated heterocycles. The van der Waals surface area contributed by atoms with E-state index >= 15 is 0 Å². The van der Waals surface area contributed by atoms with Crippen LogP contribution in [0.3, 0.4) is 0 Å². The number of hydrogen-bond acceptors (Lipinski definition) is 7. The quantitative estimate of drug-likeness (QED) is 0.313. The molecule has 0 spiro atoms. The molecule has 1 amide bonds. The van der Waals surface area contributed by atoms with Crippen molar-refractivity contribution in [2.24, 2.45) is 0 Å². The molecule has 33 heavy (non-hydrogen) atoms. The van der Waals surface area contributed by atoms with Crippen molar-refractivity contribution in [2.75, 3.05) is 41.4 Å². The summed E-state index contributed by atoms with van der Waals surface area (Å²) < 4.78 is 10.8. The van der Waals surface area contributed by atoms with Gasteiger partial charge in [0, 0.05) is 12.1 Å². The Morgan fingerprint density at radius 1 is 1.15 bits per heavy atom. The Morgan fingerprint density at radius 2 is 1.88 bits per heavy atom. The summed E-state index contributed by atoms with van der Waals surface area (Å²) in [6.45, 7) is 1.03. The van der Waals surface area contributed by atoms with Gasteiger partial charge in [-0.2, -0.15) is 0 Å². The Balaban J connectivity index is 2.18. The van der Waals surface area contributed by atoms with Crippen LogP contribution >= 0.6 is 15.9 Å². The number of halogens is 1. The minimum Gasteiger partial charge on any atom is -0.507 e. The number of ether oxygens (including phenoxy) is 2. The van der Waals surface area contributed by atoms with Crippen LogP contribution in [0.4, 0.5) is 0 Å². The summed E-state index contributed by atoms with van der Waals surface area (Å²) >= 11 is 3.31. The van der Waals surface area contributed by atoms with E-state index in [0.717, 1.165) is 0 Å². The molecule has 3 rings (SSSR count). The third-order valence-corrected chi connectivity index (χ3v) is 6.08. The SMILES string of the molecule is COc1cccc(/C(O)=C2\C(=O)C(=O)N(CCCN(C)C)C2c2cc(Br)c(O)c(OC)c2)c1. The lowest BCUT2D eigenvalue weighted by Crippen LogP contribution is -2.32. The van der Waals surface area contributed by atoms with Crippen LogP contribution in [0.2, 0.25) is 0 Å². The number of nitrogens with zero attached hydrogens (tertiary/aromatic N) is 2. The summed E-state index contributed by atoms with van der Waals surface area (Å²) in [5.41, 5.74) is 0.846. The van der Waals surface area contributed by atoms with Crippen LogP contribution < -0.4 is 9.47 Å². The Morgan fingerprint density at radius 3 is 2.52 bits per heavy atom. The van der Waals surface area contributed by atoms with Gasteiger partial charge < -0.3 is 29.5 Å². The van der Waals surface area contributed by atoms with Crippen molar-refractivity contribution in [1.29, 1.82) is 0 Å². The van der Waals surface area contributed by atoms with Crippen LogP contribution in [0.5, 0.6) is 17.2 Å². The number of aromatic hydroxyl groups is 1. The Bertz CT molecular complexity index is 1100. The first-order chi connectivity index (χ1) is 15.7. The number of carbonyl (C=O) groups excluding carboxylic acids is 2. The fourth-order valence-electron chi connectivity index (χ4n) is 3.85. The summed E-state index contributed by atoms with van der Waals surface area (Å²) in [5.74, 6) is -1.17. The zero-order valence-electron chi connectivity index (χ0n) is 19.0. The molecule has 0 aromatic heterocycles. The summed E-state index contributed by atoms with van der Waals surface area (Å²) in [6, 6.07) is 8.97. The number of hydrogen-bond donors (Lipinski definition) is 2. The second-order valence-corrected chi connectivity index (χ2v) is 8.79. The average Bonchev–Trinajstić information content (AvgIpc) is 3.05. The third kappa shape index (κ3) is 4.99. The number of phenols is 1. The standard InChI is InChI=1S/C24H27BrN2O6/c1-26(2)9-6-10-27-20(15-12-17(25)22(29)18(13-15)33-4)19(23(30)24(27)31)21(28)14-7-5-8-16(11-14)32-3/h5,7-8,11-13,20,28-29H,6,9-10H2,1-4H3/b21-19+. The number of aliphatic hydroxyl groups is 1. The van der Waals surface area contributed by atoms with E-state index in [-0.39, 0.29) is 22.8 Å². The predicted molar refractivity (Wildman–Crippen MR) is 128 cm³/mol. The highest BCUT2D eigenvalue weighted by molar-refractivity contribution is 9.10. The lowest BCUT2D eigenvalue weighted by Gasteiger charge is -2.26. The molecule has 1 heterocycles. The Labute approximate surface area is 201 Å². The van der Waals surface area contributed by atoms with Crippen molar-refractivity contribution < 1.29 is 29.3 Å². The lowest BCUT2D eigenvalue weighted by atomic mass is 9.95. The fourth-order valence-corrected chi connectivity index (χ4v) is 4.31. The molecule has 2 aromatic rings. The minimum atomic E-state index is -0.857. The molecule has 2 aromatic carbocycles. The van der Waals surface area contributed by atoms with Crippen molar-refractivity contribution in [3.63, 3.8) is 0 Å². The molecular weight excluding hydrogens is 492 g/mol. The van der Waals surface area contributed by atoms with E-state index in [1.54, 1.807) is 36.4 Å². The number of amides is 1. The second kappa shape index (κ2) is 10.3. The van der Waals surface area contributed by atoms with Crippen LogP contribution in [0.25, 0.3) is 5.76 Å². The Kier molecular flexibility index (Phi) is 7.65. The number of Topliss-reactive ketones (excluding diaryl/α,β-unsaturated/α-hetero) is 1. The van der Waals surface area contributed by atoms with Gasteiger partial charge in [0.25, 0.3) is 11.7 Å². The number of rotatable bonds is 8. The van der Waals surface area contributed by atoms with Gasteiger partial charge in [0.15, 0.2) is 11.5 Å². The van der Waals surface area contributed by atoms with Crippen molar-refractivity contribution in [3.05, 3.63) is 57.6 Å². The molecule has 8 nitrogen and oxygen atoms in total. The fraction of sp³-hybridized carbons (Fsp3) is 0.333. The molecule has 1 unspecified atom stereocenters. The van der Waals surface area contributed by atoms with Crippen LogP contribution in [-0.4, -0.2) is 73.1 Å². The van der Waals surface area contributed by atoms with Gasteiger partial charge >= 0.3 is 0 Å². The van der Waals surface area contributed by atoms with Gasteiger partial charge in [0.2, 0.25) is 0 Å². The van der Waals surface area contributed by atoms with Crippen molar-refractivity contribution in [2.45, 2.75) is 12.5 Å². The molecule has 2 N–H and O–H groups in total. The van der Waals surface area contributed by atoms with E-state index in [9.17, 15) is 19.8 Å². The summed E-state index contributed by atoms with van der Waals surface area (Å²) in [4.78, 5) is 29.6. The topological polar surface area (TPSA) is 99.5 Å². The maximum Gasteiger partial charge on any atom is 0.295 e. The maximum atomic E-state index is 13.1. The van der Waals surface area contributed by atoms with Crippen LogP contribution in [0.15, 0.2) is 46.4 Å². The molecular formula is C24H27BrN2O6. The van der Waals surface area contributed by atoms with E-state index in [1.807, 2.05) is 19.0 Å². The van der Waals surface area contributed by atoms with Crippen LogP contribution in [0, 0.1) is 0 Å². The molecule has 1 aliphatic heterocycles. The van der Waals surface area contributed by atoms with Gasteiger partial charge in [0.1, 0.15) is 11.5 Å². The lowest BCUT2D eigenvalue weighted by molar-refractivity contribution is -0.139. The van der Waals surface area contributed by atoms with Crippen molar-refractivity contribution in [3.8, 4) is 17.2 Å². The number of benzene rings is 2. The zero-order valence-corrected chi connectivity index (χ0v) is 20.5. The first-order valence-electron chi connectivity index (χ1n) is 10.3. The van der Waals surface area contributed by atoms with Gasteiger partial charge in [-0.3, -0.25) is 9.59 Å². The van der Waals surface area contributed by atoms with E-state index in [4.69, 9.17) is 9.47 Å². The van der Waals surface area contributed by atoms with E-state index in [0.29, 0.717) is 40.9 Å². The molecule has 176 valence electrons. The molecule has 0 radical (unpaired) electrons. The van der Waals surface area contributed by atoms with Gasteiger partial charge in [-0.05, 0) is 72.8 Å². The third-order valence-electron chi connectivity index (χ3n) is 5.47. The van der Waals surface area contributed by atoms with E-state index in [1.165, 1.54) is 19.1 Å². The van der Waals surface area contributed by atoms with Crippen molar-refractivity contribution in [1.82, 2.24) is 9.80 Å². The largest absolute Gasteiger partial charge is 0.507 e. The van der Waals surface area contributed by atoms with E-state index in [2.05, 4.69) is 15.9 Å². The predicted octanol–water partition coefficient (Wildman–Crippen LogP) is 3.55. The Hall–Kier alpha value is -3.04. The molecule has 1 aliphatic rings. The first-order valence-corrected chi connectivity index (χ1v) is 11.1. The van der Waals surface area contributed by atoms with Gasteiger partial charge in [-0.25, -0.2) is 0 Å². The molecule has 9 heteroatoms. The highest BCUT2D eigenvalue weighted by Crippen LogP contribution is 2.44. The van der Waals surface area contributed by atoms with Gasteiger partial charge in [0.05, 0.1) is 30.3 Å². The number of carbonyl (C=O) groups is 2. The number of ketones is 1. The monoisotopic (exact) mass is 518 g/mol. The number of aliphatic hydroxyl groups excluding tert-OH is 1. The number of likely N-dealkylation sites (tertiary alicyclic amines) is 1. The molecule has 0 saturated carbocycles. The van der Waals surface area contributed by atoms with Crippen LogP contribution in [-0.2, 0) is 9.59 Å². The highest BCUT2D eigenvalue weighted by Gasteiger charge is 2.46. The van der Waals surface area contributed by atoms with Gasteiger partial charge in [-0.15, -0.1) is 0 Å². The molecule has 1 fully saturated rings. The summed E-state index contributed by atoms with van der Waals surface area (Å²) in [7, 11) is 6.77. The second-order valence-electron chi connectivity index (χ2n) is 7.93. The van der Waals surface area contributed by atoms with Crippen molar-refractivity contribution >= 4 is 33.4 Å². The number of methoxy groups -OCH3 is 2. The van der Waals surface area contributed by atoms with Crippen LogP contribution in [0.1, 0.15) is 23.6 Å². The first kappa shape index (κ1) is 24.6. The normalized spacial score (nSPS) is 17.6. The summed E-state index contributed by atoms with van der Waals surface area (Å²) in [5, 5.41) is 21.4. The highest BCUT2D eigenvalue weighted by atomic mass is 79.9. The maximum absolute atomic E-state index is 13.1. The summed E-state index contributed by atoms with van der Waals surface area (Å²) in [6.07, 6.45) is 0.631. The molecule has 0 bridgehead atoms. The number of phenolic OH excluding ortho intramolecular Hbond substituents is 1. The molecule has 1 atom stereocenters.